The van der Waals surface area contributed by atoms with Gasteiger partial charge in [-0.15, -0.1) is 0 Å². The average molecular weight is 395 g/mol. The molecule has 0 amide bonds. The molecule has 1 aromatic carbocycles. The van der Waals surface area contributed by atoms with Crippen molar-refractivity contribution in [3.8, 4) is 10.4 Å². The molecule has 1 aliphatic heterocycles. The summed E-state index contributed by atoms with van der Waals surface area (Å²) in [5, 5.41) is 7.67. The van der Waals surface area contributed by atoms with Crippen LogP contribution in [-0.4, -0.2) is 23.1 Å². The fourth-order valence-electron chi connectivity index (χ4n) is 4.68. The zero-order valence-corrected chi connectivity index (χ0v) is 16.4. The molecule has 2 aromatic heterocycles. The summed E-state index contributed by atoms with van der Waals surface area (Å²) in [6, 6.07) is 10.8. The van der Waals surface area contributed by atoms with Gasteiger partial charge >= 0.3 is 0 Å². The van der Waals surface area contributed by atoms with Crippen molar-refractivity contribution in [2.45, 2.75) is 19.3 Å². The number of thiazole rings is 1. The van der Waals surface area contributed by atoms with Crippen molar-refractivity contribution in [1.82, 2.24) is 15.3 Å². The number of benzene rings is 1. The Morgan fingerprint density at radius 3 is 2.89 bits per heavy atom. The summed E-state index contributed by atoms with van der Waals surface area (Å²) in [6.07, 6.45) is 7.53. The number of hydrogen-bond donors (Lipinski definition) is 2. The van der Waals surface area contributed by atoms with Gasteiger partial charge in [0.1, 0.15) is 11.6 Å². The molecule has 28 heavy (non-hydrogen) atoms. The van der Waals surface area contributed by atoms with E-state index in [0.717, 1.165) is 45.6 Å². The summed E-state index contributed by atoms with van der Waals surface area (Å²) < 4.78 is 13.1. The van der Waals surface area contributed by atoms with Crippen molar-refractivity contribution in [2.75, 3.05) is 18.4 Å². The Kier molecular flexibility index (Phi) is 4.82. The summed E-state index contributed by atoms with van der Waals surface area (Å²) in [6.45, 7) is 2.38. The first kappa shape index (κ1) is 17.8. The van der Waals surface area contributed by atoms with Gasteiger partial charge in [0.15, 0.2) is 5.13 Å². The summed E-state index contributed by atoms with van der Waals surface area (Å²) >= 11 is 1.55. The molecule has 3 unspecified atom stereocenters. The molecule has 2 fully saturated rings. The Hall–Kier alpha value is -2.31. The van der Waals surface area contributed by atoms with E-state index in [1.54, 1.807) is 23.5 Å². The Morgan fingerprint density at radius 1 is 1.11 bits per heavy atom. The average Bonchev–Trinajstić information content (AvgIpc) is 3.42. The minimum Gasteiger partial charge on any atom is -0.316 e. The smallest absolute Gasteiger partial charge is 0.188 e. The second-order valence-corrected chi connectivity index (χ2v) is 8.87. The van der Waals surface area contributed by atoms with Crippen LogP contribution in [0.4, 0.5) is 15.3 Å². The third kappa shape index (κ3) is 3.66. The normalized spacial score (nSPS) is 23.7. The maximum Gasteiger partial charge on any atom is 0.188 e. The largest absolute Gasteiger partial charge is 0.316 e. The Labute approximate surface area is 168 Å². The molecule has 0 bridgehead atoms. The second-order valence-electron chi connectivity index (χ2n) is 7.83. The third-order valence-electron chi connectivity index (χ3n) is 6.10. The summed E-state index contributed by atoms with van der Waals surface area (Å²) in [5.74, 6) is 3.10. The maximum absolute atomic E-state index is 13.1. The number of nitrogens with one attached hydrogen (secondary N) is 2. The SMILES string of the molecule is Fc1ccc(-c2cnc(Nc3cc(CC4CCC5CNCC54)ccn3)s2)cc1. The molecule has 2 aliphatic rings. The van der Waals surface area contributed by atoms with Crippen molar-refractivity contribution in [2.24, 2.45) is 17.8 Å². The minimum atomic E-state index is -0.227. The van der Waals surface area contributed by atoms with Crippen LogP contribution < -0.4 is 10.6 Å². The molecule has 3 atom stereocenters. The minimum absolute atomic E-state index is 0.227. The number of rotatable bonds is 5. The molecule has 1 aliphatic carbocycles. The molecule has 2 N–H and O–H groups in total. The third-order valence-corrected chi connectivity index (χ3v) is 7.06. The number of fused-ring (bicyclic) bond motifs is 1. The maximum atomic E-state index is 13.1. The van der Waals surface area contributed by atoms with E-state index in [-0.39, 0.29) is 5.82 Å². The van der Waals surface area contributed by atoms with Crippen LogP contribution in [0.25, 0.3) is 10.4 Å². The Bertz CT molecular complexity index is 955. The molecule has 1 saturated heterocycles. The topological polar surface area (TPSA) is 49.8 Å². The van der Waals surface area contributed by atoms with Crippen molar-refractivity contribution in [3.63, 3.8) is 0 Å². The molecule has 0 spiro atoms. The standard InChI is InChI=1S/C22H23FN4S/c23-18-5-3-15(4-6-18)20-13-26-22(28-20)27-21-10-14(7-8-25-21)9-16-1-2-17-11-24-12-19(16)17/h3-8,10,13,16-17,19,24H,1-2,9,11-12H2,(H,25,26,27). The highest BCUT2D eigenvalue weighted by Gasteiger charge is 2.38. The van der Waals surface area contributed by atoms with Crippen molar-refractivity contribution < 1.29 is 4.39 Å². The van der Waals surface area contributed by atoms with Crippen molar-refractivity contribution >= 4 is 22.3 Å². The van der Waals surface area contributed by atoms with Gasteiger partial charge < -0.3 is 10.6 Å². The zero-order valence-electron chi connectivity index (χ0n) is 15.6. The number of pyridine rings is 1. The van der Waals surface area contributed by atoms with E-state index in [2.05, 4.69) is 32.7 Å². The monoisotopic (exact) mass is 394 g/mol. The van der Waals surface area contributed by atoms with Crippen LogP contribution in [0.1, 0.15) is 18.4 Å². The van der Waals surface area contributed by atoms with Gasteiger partial charge in [0.25, 0.3) is 0 Å². The first-order valence-corrected chi connectivity index (χ1v) is 10.7. The number of anilines is 2. The summed E-state index contributed by atoms with van der Waals surface area (Å²) in [4.78, 5) is 9.92. The molecular formula is C22H23FN4S. The van der Waals surface area contributed by atoms with Gasteiger partial charge in [0.05, 0.1) is 4.88 Å². The number of hydrogen-bond acceptors (Lipinski definition) is 5. The van der Waals surface area contributed by atoms with Crippen molar-refractivity contribution in [3.05, 3.63) is 60.2 Å². The van der Waals surface area contributed by atoms with Gasteiger partial charge in [-0.1, -0.05) is 23.5 Å². The molecule has 6 heteroatoms. The van der Waals surface area contributed by atoms with Crippen LogP contribution >= 0.6 is 11.3 Å². The lowest BCUT2D eigenvalue weighted by atomic mass is 9.88. The fraction of sp³-hybridized carbons (Fsp3) is 0.364. The first-order chi connectivity index (χ1) is 13.7. The second kappa shape index (κ2) is 7.60. The molecule has 0 radical (unpaired) electrons. The lowest BCUT2D eigenvalue weighted by Crippen LogP contribution is -2.17. The van der Waals surface area contributed by atoms with Crippen LogP contribution in [0, 0.1) is 23.6 Å². The summed E-state index contributed by atoms with van der Waals surface area (Å²) in [5.41, 5.74) is 2.31. The van der Waals surface area contributed by atoms with E-state index in [9.17, 15) is 4.39 Å². The zero-order chi connectivity index (χ0) is 18.9. The predicted octanol–water partition coefficient (Wildman–Crippen LogP) is 4.88. The van der Waals surface area contributed by atoms with E-state index >= 15 is 0 Å². The van der Waals surface area contributed by atoms with Gasteiger partial charge in [0.2, 0.25) is 0 Å². The lowest BCUT2D eigenvalue weighted by Gasteiger charge is -2.18. The number of nitrogens with zero attached hydrogens (tertiary/aromatic N) is 2. The van der Waals surface area contributed by atoms with E-state index in [0.29, 0.717) is 0 Å². The van der Waals surface area contributed by atoms with Crippen LogP contribution in [0.15, 0.2) is 48.8 Å². The molecular weight excluding hydrogens is 371 g/mol. The Morgan fingerprint density at radius 2 is 2.00 bits per heavy atom. The fourth-order valence-corrected chi connectivity index (χ4v) is 5.51. The van der Waals surface area contributed by atoms with E-state index in [1.165, 1.54) is 43.6 Å². The number of aromatic nitrogens is 2. The van der Waals surface area contributed by atoms with E-state index in [4.69, 9.17) is 0 Å². The highest BCUT2D eigenvalue weighted by atomic mass is 32.1. The van der Waals surface area contributed by atoms with Gasteiger partial charge in [-0.25, -0.2) is 14.4 Å². The van der Waals surface area contributed by atoms with Crippen LogP contribution in [0.3, 0.4) is 0 Å². The van der Waals surface area contributed by atoms with Crippen LogP contribution in [0.2, 0.25) is 0 Å². The lowest BCUT2D eigenvalue weighted by molar-refractivity contribution is 0.374. The predicted molar refractivity (Wildman–Crippen MR) is 111 cm³/mol. The molecule has 1 saturated carbocycles. The van der Waals surface area contributed by atoms with Gasteiger partial charge in [-0.2, -0.15) is 0 Å². The van der Waals surface area contributed by atoms with Crippen LogP contribution in [0.5, 0.6) is 0 Å². The van der Waals surface area contributed by atoms with Gasteiger partial charge in [-0.3, -0.25) is 0 Å². The molecule has 4 nitrogen and oxygen atoms in total. The van der Waals surface area contributed by atoms with E-state index < -0.39 is 0 Å². The van der Waals surface area contributed by atoms with Crippen molar-refractivity contribution in [1.29, 1.82) is 0 Å². The Balaban J connectivity index is 1.27. The quantitative estimate of drug-likeness (QED) is 0.648. The van der Waals surface area contributed by atoms with Gasteiger partial charge in [0, 0.05) is 12.4 Å². The molecule has 3 aromatic rings. The number of halogens is 1. The highest BCUT2D eigenvalue weighted by molar-refractivity contribution is 7.18. The van der Waals surface area contributed by atoms with E-state index in [1.807, 2.05) is 12.4 Å². The molecule has 144 valence electrons. The first-order valence-electron chi connectivity index (χ1n) is 9.89. The van der Waals surface area contributed by atoms with Gasteiger partial charge in [-0.05, 0) is 85.5 Å². The summed E-state index contributed by atoms with van der Waals surface area (Å²) in [7, 11) is 0. The highest BCUT2D eigenvalue weighted by Crippen LogP contribution is 2.41. The van der Waals surface area contributed by atoms with Crippen LogP contribution in [-0.2, 0) is 6.42 Å². The molecule has 5 rings (SSSR count). The molecule has 3 heterocycles.